The van der Waals surface area contributed by atoms with Crippen molar-refractivity contribution in [3.05, 3.63) is 72.2 Å². The molecule has 32 heavy (non-hydrogen) atoms. The largest absolute Gasteiger partial charge is 0.361 e. The normalized spacial score (nSPS) is 13.6. The van der Waals surface area contributed by atoms with Gasteiger partial charge in [-0.2, -0.15) is 5.10 Å². The Labute approximate surface area is 190 Å². The monoisotopic (exact) mass is 454 g/mol. The van der Waals surface area contributed by atoms with Gasteiger partial charge >= 0.3 is 0 Å². The van der Waals surface area contributed by atoms with Crippen molar-refractivity contribution in [3.63, 3.8) is 0 Å². The highest BCUT2D eigenvalue weighted by atomic mass is 32.2. The zero-order valence-corrected chi connectivity index (χ0v) is 19.7. The van der Waals surface area contributed by atoms with Crippen molar-refractivity contribution in [3.8, 4) is 11.1 Å². The van der Waals surface area contributed by atoms with Gasteiger partial charge in [-0.3, -0.25) is 14.7 Å². The number of aromatic nitrogens is 2. The lowest BCUT2D eigenvalue weighted by atomic mass is 10.0. The number of hydrogen-bond donors (Lipinski definition) is 2. The van der Waals surface area contributed by atoms with E-state index < -0.39 is 10.0 Å². The average Bonchev–Trinajstić information content (AvgIpc) is 3.18. The molecule has 0 radical (unpaired) electrons. The number of nitrogens with one attached hydrogen (secondary N) is 1. The van der Waals surface area contributed by atoms with Crippen molar-refractivity contribution in [1.82, 2.24) is 15.1 Å². The summed E-state index contributed by atoms with van der Waals surface area (Å²) in [6, 6.07) is 8.00. The summed E-state index contributed by atoms with van der Waals surface area (Å²) in [6.45, 7) is 7.95. The maximum atomic E-state index is 11.2. The highest BCUT2D eigenvalue weighted by Crippen LogP contribution is 2.22. The van der Waals surface area contributed by atoms with E-state index in [4.69, 9.17) is 5.14 Å². The maximum Gasteiger partial charge on any atom is 0.210 e. The molecule has 0 fully saturated rings. The summed E-state index contributed by atoms with van der Waals surface area (Å²) < 4.78 is 24.2. The van der Waals surface area contributed by atoms with E-state index >= 15 is 0 Å². The Morgan fingerprint density at radius 2 is 2.09 bits per heavy atom. The number of aryl methyl sites for hydroxylation is 1. The van der Waals surface area contributed by atoms with Crippen LogP contribution in [-0.4, -0.2) is 49.5 Å². The van der Waals surface area contributed by atoms with Crippen LogP contribution in [0.1, 0.15) is 19.4 Å². The van der Waals surface area contributed by atoms with Gasteiger partial charge in [0, 0.05) is 55.3 Å². The van der Waals surface area contributed by atoms with E-state index in [0.717, 1.165) is 27.8 Å². The summed E-state index contributed by atoms with van der Waals surface area (Å²) in [7, 11) is -0.00619. The molecule has 0 aliphatic rings. The van der Waals surface area contributed by atoms with Crippen LogP contribution in [0.5, 0.6) is 0 Å². The SMILES string of the molecule is C=C(NC=C(C(C=NC)=CC)C(C)=NCCS(N)(=O)=O)c1cccc(-c2cnn(C)c2)c1. The smallest absolute Gasteiger partial charge is 0.210 e. The van der Waals surface area contributed by atoms with Gasteiger partial charge in [-0.05, 0) is 36.6 Å². The van der Waals surface area contributed by atoms with Crippen LogP contribution < -0.4 is 10.5 Å². The number of aliphatic imine (C=N–C) groups is 2. The molecule has 0 saturated carbocycles. The van der Waals surface area contributed by atoms with Crippen LogP contribution in [0.25, 0.3) is 16.8 Å². The molecule has 0 unspecified atom stereocenters. The van der Waals surface area contributed by atoms with Gasteiger partial charge in [0.15, 0.2) is 0 Å². The van der Waals surface area contributed by atoms with E-state index in [1.165, 1.54) is 0 Å². The number of nitrogens with zero attached hydrogens (tertiary/aromatic N) is 4. The first-order chi connectivity index (χ1) is 15.1. The van der Waals surface area contributed by atoms with Crippen LogP contribution >= 0.6 is 0 Å². The van der Waals surface area contributed by atoms with Gasteiger partial charge in [-0.25, -0.2) is 13.6 Å². The van der Waals surface area contributed by atoms with Crippen molar-refractivity contribution in [1.29, 1.82) is 0 Å². The van der Waals surface area contributed by atoms with Crippen LogP contribution in [0.15, 0.2) is 76.6 Å². The lowest BCUT2D eigenvalue weighted by Crippen LogP contribution is -2.19. The summed E-state index contributed by atoms with van der Waals surface area (Å²) >= 11 is 0. The second-order valence-electron chi connectivity index (χ2n) is 7.13. The molecule has 9 heteroatoms. The molecule has 170 valence electrons. The predicted octanol–water partition coefficient (Wildman–Crippen LogP) is 2.93. The zero-order chi connectivity index (χ0) is 23.7. The number of hydrogen-bond acceptors (Lipinski definition) is 6. The second kappa shape index (κ2) is 11.4. The lowest BCUT2D eigenvalue weighted by molar-refractivity contribution is 0.597. The molecule has 2 rings (SSSR count). The number of nitrogens with two attached hydrogens (primary N) is 1. The minimum atomic E-state index is -3.57. The van der Waals surface area contributed by atoms with E-state index in [0.29, 0.717) is 11.4 Å². The molecule has 2 aromatic rings. The van der Waals surface area contributed by atoms with Crippen molar-refractivity contribution < 1.29 is 8.42 Å². The molecule has 0 aliphatic carbocycles. The highest BCUT2D eigenvalue weighted by Gasteiger charge is 2.09. The van der Waals surface area contributed by atoms with E-state index in [-0.39, 0.29) is 12.3 Å². The van der Waals surface area contributed by atoms with E-state index in [1.807, 2.05) is 63.6 Å². The fourth-order valence-electron chi connectivity index (χ4n) is 2.96. The lowest BCUT2D eigenvalue weighted by Gasteiger charge is -2.12. The van der Waals surface area contributed by atoms with Gasteiger partial charge in [0.25, 0.3) is 0 Å². The molecular formula is C23H30N6O2S. The Morgan fingerprint density at radius 1 is 1.34 bits per heavy atom. The van der Waals surface area contributed by atoms with Crippen molar-refractivity contribution in [2.24, 2.45) is 22.2 Å². The van der Waals surface area contributed by atoms with Crippen LogP contribution in [0.4, 0.5) is 0 Å². The minimum Gasteiger partial charge on any atom is -0.361 e. The maximum absolute atomic E-state index is 11.2. The van der Waals surface area contributed by atoms with E-state index in [2.05, 4.69) is 27.0 Å². The number of rotatable bonds is 10. The molecule has 0 spiro atoms. The first-order valence-electron chi connectivity index (χ1n) is 10.0. The van der Waals surface area contributed by atoms with Crippen LogP contribution in [-0.2, 0) is 17.1 Å². The molecule has 8 nitrogen and oxygen atoms in total. The number of allylic oxidation sites excluding steroid dienone is 3. The Bertz CT molecular complexity index is 1190. The van der Waals surface area contributed by atoms with Gasteiger partial charge < -0.3 is 5.32 Å². The fraction of sp³-hybridized carbons (Fsp3) is 0.261. The molecule has 1 aromatic heterocycles. The molecular weight excluding hydrogens is 424 g/mol. The molecule has 0 saturated heterocycles. The van der Waals surface area contributed by atoms with Crippen molar-refractivity contribution in [2.45, 2.75) is 13.8 Å². The van der Waals surface area contributed by atoms with Gasteiger partial charge in [0.2, 0.25) is 10.0 Å². The van der Waals surface area contributed by atoms with Crippen LogP contribution in [0, 0.1) is 0 Å². The summed E-state index contributed by atoms with van der Waals surface area (Å²) in [4.78, 5) is 8.47. The van der Waals surface area contributed by atoms with Crippen LogP contribution in [0.2, 0.25) is 0 Å². The topological polar surface area (TPSA) is 115 Å². The van der Waals surface area contributed by atoms with Crippen LogP contribution in [0.3, 0.4) is 0 Å². The van der Waals surface area contributed by atoms with Crippen molar-refractivity contribution in [2.75, 3.05) is 19.3 Å². The van der Waals surface area contributed by atoms with Crippen molar-refractivity contribution >= 4 is 27.6 Å². The molecule has 0 amide bonds. The molecule has 0 aliphatic heterocycles. The number of primary sulfonamides is 1. The first kappa shape index (κ1) is 25.0. The third-order valence-electron chi connectivity index (χ3n) is 4.64. The minimum absolute atomic E-state index is 0.0797. The number of sulfonamides is 1. The summed E-state index contributed by atoms with van der Waals surface area (Å²) in [5.74, 6) is -0.216. The summed E-state index contributed by atoms with van der Waals surface area (Å²) in [6.07, 6.45) is 9.20. The molecule has 3 N–H and O–H groups in total. The molecule has 1 heterocycles. The average molecular weight is 455 g/mol. The first-order valence-corrected chi connectivity index (χ1v) is 11.7. The molecule has 1 aromatic carbocycles. The van der Waals surface area contributed by atoms with Gasteiger partial charge in [-0.15, -0.1) is 0 Å². The third kappa shape index (κ3) is 7.44. The van der Waals surface area contributed by atoms with Gasteiger partial charge in [0.1, 0.15) is 0 Å². The molecule has 0 atom stereocenters. The Morgan fingerprint density at radius 3 is 2.69 bits per heavy atom. The Kier molecular flexibility index (Phi) is 8.86. The van der Waals surface area contributed by atoms with Gasteiger partial charge in [0.05, 0.1) is 18.5 Å². The van der Waals surface area contributed by atoms with E-state index in [1.54, 1.807) is 24.1 Å². The zero-order valence-electron chi connectivity index (χ0n) is 18.9. The third-order valence-corrected chi connectivity index (χ3v) is 5.40. The summed E-state index contributed by atoms with van der Waals surface area (Å²) in [5.41, 5.74) is 5.96. The quantitative estimate of drug-likeness (QED) is 0.424. The standard InChI is InChI=1S/C23H30N6O2S/c1-6-19(13-25-4)23(18(3)26-10-11-32(24,30)31)15-27-17(2)20-8-7-9-21(12-20)22-14-28-29(5)16-22/h6-9,12-16,27H,2,10-11H2,1,3-5H3,(H2,24,30,31). The fourth-order valence-corrected chi connectivity index (χ4v) is 3.31. The second-order valence-corrected chi connectivity index (χ2v) is 8.86. The Balaban J connectivity index is 2.29. The highest BCUT2D eigenvalue weighted by molar-refractivity contribution is 7.89. The molecule has 0 bridgehead atoms. The predicted molar refractivity (Wildman–Crippen MR) is 133 cm³/mol. The number of benzene rings is 1. The summed E-state index contributed by atoms with van der Waals surface area (Å²) in [5, 5.41) is 12.5. The van der Waals surface area contributed by atoms with E-state index in [9.17, 15) is 8.42 Å². The van der Waals surface area contributed by atoms with Gasteiger partial charge in [-0.1, -0.05) is 30.9 Å². The Hall–Kier alpha value is -3.30.